The van der Waals surface area contributed by atoms with E-state index in [1.807, 2.05) is 0 Å². The first-order valence-corrected chi connectivity index (χ1v) is 6.97. The number of Topliss-reactive ketones (excluding diaryl/α,β-unsaturated/α-hetero) is 1. The summed E-state index contributed by atoms with van der Waals surface area (Å²) in [5, 5.41) is 10.1. The molecule has 0 aliphatic rings. The number of carbonyl (C=O) groups excluding carboxylic acids is 2. The fourth-order valence-corrected chi connectivity index (χ4v) is 1.95. The molecule has 0 heterocycles. The molecule has 1 rings (SSSR count). The summed E-state index contributed by atoms with van der Waals surface area (Å²) in [7, 11) is 0. The number of hydrogen-bond donors (Lipinski definition) is 1. The highest BCUT2D eigenvalue weighted by atomic mass is 79.9. The van der Waals surface area contributed by atoms with Crippen molar-refractivity contribution in [1.82, 2.24) is 0 Å². The zero-order valence-electron chi connectivity index (χ0n) is 11.5. The van der Waals surface area contributed by atoms with Crippen LogP contribution in [0.4, 0.5) is 8.78 Å². The second-order valence-electron chi connectivity index (χ2n) is 4.56. The minimum absolute atomic E-state index is 0.0131. The van der Waals surface area contributed by atoms with Crippen LogP contribution in [0.3, 0.4) is 0 Å². The molecule has 4 nitrogen and oxygen atoms in total. The molecule has 7 heteroatoms. The van der Waals surface area contributed by atoms with E-state index >= 15 is 0 Å². The molecule has 1 N–H and O–H groups in total. The number of carbonyl (C=O) groups is 2. The predicted molar refractivity (Wildman–Crippen MR) is 74.9 cm³/mol. The molecule has 1 unspecified atom stereocenters. The number of rotatable bonds is 6. The topological polar surface area (TPSA) is 63.6 Å². The Bertz CT molecular complexity index is 526. The van der Waals surface area contributed by atoms with E-state index in [1.165, 1.54) is 31.2 Å². The van der Waals surface area contributed by atoms with E-state index in [9.17, 15) is 23.5 Å². The Morgan fingerprint density at radius 1 is 1.29 bits per heavy atom. The number of ether oxygens (including phenoxy) is 1. The molecular weight excluding hydrogens is 350 g/mol. The van der Waals surface area contributed by atoms with Gasteiger partial charge in [0.15, 0.2) is 5.60 Å². The lowest BCUT2D eigenvalue weighted by molar-refractivity contribution is -0.190. The summed E-state index contributed by atoms with van der Waals surface area (Å²) in [5.74, 6) is -6.85. The lowest BCUT2D eigenvalue weighted by Crippen LogP contribution is -2.49. The zero-order chi connectivity index (χ0) is 16.3. The number of alkyl halides is 2. The van der Waals surface area contributed by atoms with Gasteiger partial charge in [-0.3, -0.25) is 9.59 Å². The molecule has 0 aliphatic heterocycles. The van der Waals surface area contributed by atoms with Crippen LogP contribution in [0.15, 0.2) is 28.7 Å². The molecule has 0 aliphatic carbocycles. The maximum absolute atomic E-state index is 14.2. The van der Waals surface area contributed by atoms with E-state index in [2.05, 4.69) is 20.7 Å². The molecule has 0 spiro atoms. The van der Waals surface area contributed by atoms with Crippen molar-refractivity contribution in [3.8, 4) is 0 Å². The minimum atomic E-state index is -4.12. The molecular formula is C14H15BrF2O4. The average molecular weight is 365 g/mol. The predicted octanol–water partition coefficient (Wildman–Crippen LogP) is 2.81. The van der Waals surface area contributed by atoms with Crippen LogP contribution in [0.2, 0.25) is 0 Å². The highest BCUT2D eigenvalue weighted by molar-refractivity contribution is 9.10. The van der Waals surface area contributed by atoms with Gasteiger partial charge in [-0.25, -0.2) is 0 Å². The summed E-state index contributed by atoms with van der Waals surface area (Å²) in [6.45, 7) is 2.32. The normalized spacial score (nSPS) is 14.4. The fraction of sp³-hybridized carbons (Fsp3) is 0.429. The van der Waals surface area contributed by atoms with Crippen molar-refractivity contribution in [3.63, 3.8) is 0 Å². The first-order chi connectivity index (χ1) is 9.62. The quantitative estimate of drug-likeness (QED) is 0.622. The van der Waals surface area contributed by atoms with Gasteiger partial charge >= 0.3 is 11.9 Å². The molecule has 1 aromatic carbocycles. The van der Waals surface area contributed by atoms with Crippen molar-refractivity contribution in [2.45, 2.75) is 31.8 Å². The standard InChI is InChI=1S/C14H15BrF2O4/c1-3-21-12(19)8-11(18)14(16,17)13(2,20)9-4-6-10(15)7-5-9/h4-7,20H,3,8H2,1-2H3. The summed E-state index contributed by atoms with van der Waals surface area (Å²) in [5.41, 5.74) is -2.86. The van der Waals surface area contributed by atoms with Gasteiger partial charge in [0.2, 0.25) is 5.78 Å². The van der Waals surface area contributed by atoms with Gasteiger partial charge in [0.25, 0.3) is 0 Å². The van der Waals surface area contributed by atoms with Gasteiger partial charge in [-0.2, -0.15) is 8.78 Å². The second kappa shape index (κ2) is 6.62. The Morgan fingerprint density at radius 3 is 2.29 bits per heavy atom. The monoisotopic (exact) mass is 364 g/mol. The lowest BCUT2D eigenvalue weighted by Gasteiger charge is -2.31. The summed E-state index contributed by atoms with van der Waals surface area (Å²) < 4.78 is 33.4. The molecule has 0 saturated heterocycles. The fourth-order valence-electron chi connectivity index (χ4n) is 1.68. The van der Waals surface area contributed by atoms with E-state index in [1.54, 1.807) is 0 Å². The smallest absolute Gasteiger partial charge is 0.337 e. The van der Waals surface area contributed by atoms with Gasteiger partial charge in [0, 0.05) is 4.47 Å². The Hall–Kier alpha value is -1.34. The Balaban J connectivity index is 3.00. The highest BCUT2D eigenvalue weighted by Crippen LogP contribution is 2.39. The number of aliphatic hydroxyl groups is 1. The van der Waals surface area contributed by atoms with E-state index in [4.69, 9.17) is 0 Å². The van der Waals surface area contributed by atoms with Crippen LogP contribution in [0.25, 0.3) is 0 Å². The molecule has 116 valence electrons. The number of halogens is 3. The number of ketones is 1. The summed E-state index contributed by atoms with van der Waals surface area (Å²) >= 11 is 3.14. The largest absolute Gasteiger partial charge is 0.466 e. The van der Waals surface area contributed by atoms with E-state index < -0.39 is 29.7 Å². The van der Waals surface area contributed by atoms with Crippen molar-refractivity contribution in [3.05, 3.63) is 34.3 Å². The van der Waals surface area contributed by atoms with E-state index in [0.717, 1.165) is 6.92 Å². The molecule has 1 atom stereocenters. The summed E-state index contributed by atoms with van der Waals surface area (Å²) in [6.07, 6.45) is -1.09. The maximum Gasteiger partial charge on any atom is 0.337 e. The third kappa shape index (κ3) is 3.85. The molecule has 0 bridgehead atoms. The van der Waals surface area contributed by atoms with E-state index in [0.29, 0.717) is 4.47 Å². The SMILES string of the molecule is CCOC(=O)CC(=O)C(F)(F)C(C)(O)c1ccc(Br)cc1. The van der Waals surface area contributed by atoms with Crippen LogP contribution >= 0.6 is 15.9 Å². The van der Waals surface area contributed by atoms with Crippen LogP contribution in [-0.4, -0.2) is 29.4 Å². The van der Waals surface area contributed by atoms with Gasteiger partial charge in [-0.05, 0) is 31.5 Å². The van der Waals surface area contributed by atoms with Crippen molar-refractivity contribution in [2.75, 3.05) is 6.61 Å². The Kier molecular flexibility index (Phi) is 5.58. The number of esters is 1. The summed E-state index contributed by atoms with van der Waals surface area (Å²) in [4.78, 5) is 22.8. The third-order valence-corrected chi connectivity index (χ3v) is 3.51. The zero-order valence-corrected chi connectivity index (χ0v) is 13.1. The van der Waals surface area contributed by atoms with Crippen LogP contribution in [0.5, 0.6) is 0 Å². The highest BCUT2D eigenvalue weighted by Gasteiger charge is 2.56. The minimum Gasteiger partial charge on any atom is -0.466 e. The first kappa shape index (κ1) is 17.7. The second-order valence-corrected chi connectivity index (χ2v) is 5.47. The number of hydrogen-bond acceptors (Lipinski definition) is 4. The van der Waals surface area contributed by atoms with Crippen LogP contribution in [0.1, 0.15) is 25.8 Å². The molecule has 1 aromatic rings. The number of benzene rings is 1. The molecule has 0 amide bonds. The van der Waals surface area contributed by atoms with Crippen molar-refractivity contribution in [1.29, 1.82) is 0 Å². The van der Waals surface area contributed by atoms with Crippen LogP contribution < -0.4 is 0 Å². The van der Waals surface area contributed by atoms with E-state index in [-0.39, 0.29) is 12.2 Å². The molecule has 21 heavy (non-hydrogen) atoms. The Labute approximate surface area is 129 Å². The van der Waals surface area contributed by atoms with Gasteiger partial charge in [0.05, 0.1) is 6.61 Å². The first-order valence-electron chi connectivity index (χ1n) is 6.18. The third-order valence-electron chi connectivity index (χ3n) is 2.98. The lowest BCUT2D eigenvalue weighted by atomic mass is 9.86. The molecule has 0 saturated carbocycles. The molecule has 0 aromatic heterocycles. The average Bonchev–Trinajstić information content (AvgIpc) is 2.39. The van der Waals surface area contributed by atoms with Gasteiger partial charge in [-0.15, -0.1) is 0 Å². The van der Waals surface area contributed by atoms with Crippen molar-refractivity contribution >= 4 is 27.7 Å². The van der Waals surface area contributed by atoms with Crippen LogP contribution in [-0.2, 0) is 19.9 Å². The molecule has 0 fully saturated rings. The molecule has 0 radical (unpaired) electrons. The van der Waals surface area contributed by atoms with Gasteiger partial charge in [0.1, 0.15) is 6.42 Å². The Morgan fingerprint density at radius 2 is 1.81 bits per heavy atom. The maximum atomic E-state index is 14.2. The van der Waals surface area contributed by atoms with Crippen molar-refractivity contribution < 1.29 is 28.2 Å². The van der Waals surface area contributed by atoms with Gasteiger partial charge in [-0.1, -0.05) is 28.1 Å². The summed E-state index contributed by atoms with van der Waals surface area (Å²) in [6, 6.07) is 5.48. The van der Waals surface area contributed by atoms with Gasteiger partial charge < -0.3 is 9.84 Å². The van der Waals surface area contributed by atoms with Crippen molar-refractivity contribution in [2.24, 2.45) is 0 Å². The van der Waals surface area contributed by atoms with Crippen LogP contribution in [0, 0.1) is 0 Å².